The number of hydrogen-bond acceptors (Lipinski definition) is 7. The van der Waals surface area contributed by atoms with Gasteiger partial charge in [0.05, 0.1) is 23.1 Å². The van der Waals surface area contributed by atoms with Crippen molar-refractivity contribution in [2.75, 3.05) is 12.3 Å². The third kappa shape index (κ3) is 17.6. The summed E-state index contributed by atoms with van der Waals surface area (Å²) >= 11 is 0. The highest BCUT2D eigenvalue weighted by molar-refractivity contribution is 7.92. The highest BCUT2D eigenvalue weighted by atomic mass is 32.2. The molecule has 3 aromatic carbocycles. The summed E-state index contributed by atoms with van der Waals surface area (Å²) in [5.41, 5.74) is 3.26. The Morgan fingerprint density at radius 3 is 1.91 bits per heavy atom. The molecule has 0 aromatic heterocycles. The molecule has 3 rings (SSSR count). The average molecular weight is 814 g/mol. The summed E-state index contributed by atoms with van der Waals surface area (Å²) in [6, 6.07) is 17.7. The fourth-order valence-corrected chi connectivity index (χ4v) is 8.04. The summed E-state index contributed by atoms with van der Waals surface area (Å²) < 4.78 is 87.2. The number of aliphatic hydroxyl groups excluding tert-OH is 1. The van der Waals surface area contributed by atoms with Crippen molar-refractivity contribution >= 4 is 27.6 Å². The number of rotatable bonds is 21. The second-order valence-electron chi connectivity index (χ2n) is 13.4. The van der Waals surface area contributed by atoms with Gasteiger partial charge in [-0.05, 0) is 66.5 Å². The van der Waals surface area contributed by atoms with Gasteiger partial charge in [-0.15, -0.1) is 0 Å². The molecule has 0 saturated heterocycles. The molecule has 310 valence electrons. The first-order valence-electron chi connectivity index (χ1n) is 18.4. The Morgan fingerprint density at radius 2 is 1.36 bits per heavy atom. The topological polar surface area (TPSA) is 162 Å². The molecule has 0 aliphatic rings. The number of hydrogen-bond donors (Lipinski definition) is 5. The Balaban J connectivity index is 0.00000141. The van der Waals surface area contributed by atoms with Crippen LogP contribution in [0.4, 0.5) is 22.0 Å². The third-order valence-corrected chi connectivity index (χ3v) is 11.0. The number of carbonyl (C=O) groups is 3. The number of halogens is 5. The number of amides is 2. The highest BCUT2D eigenvalue weighted by Gasteiger charge is 2.38. The number of aliphatic carboxylic acids is 1. The van der Waals surface area contributed by atoms with E-state index in [9.17, 15) is 45.1 Å². The van der Waals surface area contributed by atoms with Gasteiger partial charge in [-0.3, -0.25) is 9.59 Å². The predicted molar refractivity (Wildman–Crippen MR) is 203 cm³/mol. The Hall–Kier alpha value is -4.41. The van der Waals surface area contributed by atoms with Crippen LogP contribution in [-0.4, -0.2) is 78.3 Å². The molecule has 1 unspecified atom stereocenters. The zero-order chi connectivity index (χ0) is 41.9. The summed E-state index contributed by atoms with van der Waals surface area (Å²) in [7, 11) is -3.83. The van der Waals surface area contributed by atoms with E-state index >= 15 is 0 Å². The van der Waals surface area contributed by atoms with E-state index in [1.807, 2.05) is 68.4 Å². The van der Waals surface area contributed by atoms with Crippen LogP contribution in [0.15, 0.2) is 72.8 Å². The van der Waals surface area contributed by atoms with Crippen LogP contribution in [-0.2, 0) is 50.0 Å². The fourth-order valence-electron chi connectivity index (χ4n) is 5.88. The summed E-state index contributed by atoms with van der Waals surface area (Å²) in [5.74, 6) is -6.30. The Kier molecular flexibility index (Phi) is 20.1. The van der Waals surface area contributed by atoms with Gasteiger partial charge in [-0.25, -0.2) is 22.0 Å². The van der Waals surface area contributed by atoms with Crippen molar-refractivity contribution in [3.05, 3.63) is 107 Å². The second kappa shape index (κ2) is 23.6. The van der Waals surface area contributed by atoms with E-state index in [1.165, 1.54) is 0 Å². The van der Waals surface area contributed by atoms with Crippen LogP contribution < -0.4 is 16.0 Å². The normalized spacial score (nSPS) is 13.2. The lowest BCUT2D eigenvalue weighted by molar-refractivity contribution is -0.192. The first-order chi connectivity index (χ1) is 26.4. The van der Waals surface area contributed by atoms with Gasteiger partial charge in [-0.2, -0.15) is 13.2 Å². The summed E-state index contributed by atoms with van der Waals surface area (Å²) in [6.45, 7) is 6.28. The van der Waals surface area contributed by atoms with Gasteiger partial charge in [0.1, 0.15) is 17.7 Å². The third-order valence-electron chi connectivity index (χ3n) is 8.76. The van der Waals surface area contributed by atoms with Crippen molar-refractivity contribution in [1.29, 1.82) is 0 Å². The quantitative estimate of drug-likeness (QED) is 0.0839. The Bertz CT molecular complexity index is 1770. The van der Waals surface area contributed by atoms with Crippen molar-refractivity contribution in [1.82, 2.24) is 16.0 Å². The molecule has 0 bridgehead atoms. The van der Waals surface area contributed by atoms with E-state index in [2.05, 4.69) is 22.9 Å². The van der Waals surface area contributed by atoms with Crippen LogP contribution in [0, 0.1) is 11.6 Å². The van der Waals surface area contributed by atoms with Gasteiger partial charge in [0, 0.05) is 25.6 Å². The molecule has 0 radical (unpaired) electrons. The van der Waals surface area contributed by atoms with Gasteiger partial charge in [0.2, 0.25) is 11.8 Å². The van der Waals surface area contributed by atoms with Gasteiger partial charge < -0.3 is 26.2 Å². The van der Waals surface area contributed by atoms with Gasteiger partial charge >= 0.3 is 12.1 Å². The number of benzene rings is 3. The van der Waals surface area contributed by atoms with Crippen molar-refractivity contribution in [3.8, 4) is 0 Å². The van der Waals surface area contributed by atoms with Gasteiger partial charge in [0.25, 0.3) is 0 Å². The maximum Gasteiger partial charge on any atom is 0.490 e. The molecule has 2 amide bonds. The SMILES string of the molecule is CCCC(CCC)S(=O)(=O)CC(NC(=O)CCc1ccccc1)C(=O)N[C@@H](Cc1cc(F)cc(F)c1)[C@H](O)CNCc1cccc(CC)c1.O=C(O)C(F)(F)F. The highest BCUT2D eigenvalue weighted by Crippen LogP contribution is 2.18. The van der Waals surface area contributed by atoms with E-state index in [1.54, 1.807) is 0 Å². The van der Waals surface area contributed by atoms with Gasteiger partial charge in [-0.1, -0.05) is 88.2 Å². The molecule has 3 atom stereocenters. The number of carbonyl (C=O) groups excluding carboxylic acids is 2. The van der Waals surface area contributed by atoms with Crippen LogP contribution in [0.1, 0.15) is 75.1 Å². The lowest BCUT2D eigenvalue weighted by Crippen LogP contribution is -2.57. The molecule has 0 aliphatic carbocycles. The standard InChI is InChI=1S/C38H51F2N3O5S.C2HF3O2/c1-4-11-33(12-5-2)49(47,48)26-35(42-37(45)18-17-28-13-8-7-9-14-28)38(46)43-34(22-30-20-31(39)23-32(40)21-30)36(44)25-41-24-29-16-10-15-27(6-3)19-29;3-2(4,5)1(6)7/h7-10,13-16,19-21,23,33-36,41,44H,4-6,11-12,17-18,22,24-26H2,1-3H3,(H,42,45)(H,43,46);(H,6,7)/t34-,35?,36+;/m0./s1. The molecule has 0 fully saturated rings. The maximum atomic E-state index is 14.1. The van der Waals surface area contributed by atoms with E-state index in [0.29, 0.717) is 38.6 Å². The Labute approximate surface area is 325 Å². The van der Waals surface area contributed by atoms with Crippen LogP contribution in [0.5, 0.6) is 0 Å². The number of nitrogens with one attached hydrogen (secondary N) is 3. The zero-order valence-electron chi connectivity index (χ0n) is 31.7. The van der Waals surface area contributed by atoms with Crippen molar-refractivity contribution in [3.63, 3.8) is 0 Å². The molecular weight excluding hydrogens is 762 g/mol. The average Bonchev–Trinajstić information content (AvgIpc) is 3.13. The largest absolute Gasteiger partial charge is 0.490 e. The maximum absolute atomic E-state index is 14.1. The van der Waals surface area contributed by atoms with Crippen LogP contribution in [0.2, 0.25) is 0 Å². The number of carboxylic acid groups (broad SMARTS) is 1. The van der Waals surface area contributed by atoms with Crippen LogP contribution in [0.25, 0.3) is 0 Å². The Morgan fingerprint density at radius 1 is 0.786 bits per heavy atom. The van der Waals surface area contributed by atoms with Gasteiger partial charge in [0.15, 0.2) is 9.84 Å². The molecule has 3 aromatic rings. The minimum absolute atomic E-state index is 0.0145. The van der Waals surface area contributed by atoms with Crippen LogP contribution >= 0.6 is 0 Å². The monoisotopic (exact) mass is 813 g/mol. The van der Waals surface area contributed by atoms with E-state index in [-0.39, 0.29) is 24.9 Å². The number of sulfone groups is 1. The van der Waals surface area contributed by atoms with Crippen molar-refractivity contribution < 1.29 is 55.0 Å². The van der Waals surface area contributed by atoms with E-state index in [4.69, 9.17) is 9.90 Å². The zero-order valence-corrected chi connectivity index (χ0v) is 32.6. The first-order valence-corrected chi connectivity index (χ1v) is 20.2. The second-order valence-corrected chi connectivity index (χ2v) is 15.7. The van der Waals surface area contributed by atoms with Crippen molar-refractivity contribution in [2.45, 2.75) is 108 Å². The smallest absolute Gasteiger partial charge is 0.475 e. The fraction of sp³-hybridized carbons (Fsp3) is 0.475. The number of aryl methyl sites for hydroxylation is 2. The first kappa shape index (κ1) is 47.7. The molecule has 5 N–H and O–H groups in total. The predicted octanol–water partition coefficient (Wildman–Crippen LogP) is 5.84. The molecule has 16 heteroatoms. The molecule has 0 spiro atoms. The lowest BCUT2D eigenvalue weighted by Gasteiger charge is -2.28. The number of aliphatic hydroxyl groups is 1. The summed E-state index contributed by atoms with van der Waals surface area (Å²) in [6.07, 6.45) is -3.06. The molecule has 10 nitrogen and oxygen atoms in total. The van der Waals surface area contributed by atoms with E-state index in [0.717, 1.165) is 41.3 Å². The van der Waals surface area contributed by atoms with E-state index < -0.39 is 74.6 Å². The number of alkyl halides is 3. The lowest BCUT2D eigenvalue weighted by atomic mass is 10.00. The number of carboxylic acids is 1. The van der Waals surface area contributed by atoms with Crippen LogP contribution in [0.3, 0.4) is 0 Å². The summed E-state index contributed by atoms with van der Waals surface area (Å²) in [4.78, 5) is 35.9. The molecule has 0 heterocycles. The summed E-state index contributed by atoms with van der Waals surface area (Å²) in [5, 5.41) is 26.3. The molecule has 56 heavy (non-hydrogen) atoms. The van der Waals surface area contributed by atoms with Crippen molar-refractivity contribution in [2.24, 2.45) is 0 Å². The minimum atomic E-state index is -5.08. The molecule has 0 saturated carbocycles. The minimum Gasteiger partial charge on any atom is -0.475 e. The molecular formula is C40H52F5N3O7S. The molecule has 0 aliphatic heterocycles.